The van der Waals surface area contributed by atoms with Gasteiger partial charge in [0.1, 0.15) is 6.10 Å². The van der Waals surface area contributed by atoms with Gasteiger partial charge in [-0.15, -0.1) is 0 Å². The van der Waals surface area contributed by atoms with Crippen LogP contribution in [0.25, 0.3) is 0 Å². The number of carbonyl (C=O) groups is 1. The topological polar surface area (TPSA) is 148 Å². The maximum atomic E-state index is 13.4. The zero-order valence-electron chi connectivity index (χ0n) is 20.9. The molecular formula is C25H33N3O8S. The molecule has 3 atom stereocenters. The fourth-order valence-electron chi connectivity index (χ4n) is 4.00. The number of ether oxygens (including phenoxy) is 2. The molecule has 37 heavy (non-hydrogen) atoms. The Balaban J connectivity index is 1.81. The van der Waals surface area contributed by atoms with E-state index < -0.39 is 33.2 Å². The van der Waals surface area contributed by atoms with Crippen molar-refractivity contribution in [2.45, 2.75) is 49.8 Å². The molecular weight excluding hydrogens is 502 g/mol. The molecule has 2 aromatic carbocycles. The summed E-state index contributed by atoms with van der Waals surface area (Å²) in [7, 11) is -4.10. The average Bonchev–Trinajstić information content (AvgIpc) is 3.36. The van der Waals surface area contributed by atoms with Gasteiger partial charge in [0.15, 0.2) is 0 Å². The first kappa shape index (κ1) is 28.5. The van der Waals surface area contributed by atoms with Crippen molar-refractivity contribution < 1.29 is 32.7 Å². The molecule has 3 rings (SSSR count). The number of amides is 1. The van der Waals surface area contributed by atoms with Crippen LogP contribution in [0, 0.1) is 16.0 Å². The summed E-state index contributed by atoms with van der Waals surface area (Å²) in [5, 5.41) is 24.9. The third kappa shape index (κ3) is 8.22. The highest BCUT2D eigenvalue weighted by molar-refractivity contribution is 7.89. The van der Waals surface area contributed by atoms with Crippen LogP contribution in [0.4, 0.5) is 10.5 Å². The molecule has 0 radical (unpaired) electrons. The first-order chi connectivity index (χ1) is 17.6. The number of hydrogen-bond acceptors (Lipinski definition) is 8. The van der Waals surface area contributed by atoms with Crippen molar-refractivity contribution in [2.75, 3.05) is 26.3 Å². The minimum Gasteiger partial charge on any atom is -0.444 e. The van der Waals surface area contributed by atoms with Gasteiger partial charge in [-0.05, 0) is 30.0 Å². The van der Waals surface area contributed by atoms with Crippen molar-refractivity contribution in [2.24, 2.45) is 5.92 Å². The Bertz CT molecular complexity index is 1140. The van der Waals surface area contributed by atoms with E-state index in [2.05, 4.69) is 5.32 Å². The summed E-state index contributed by atoms with van der Waals surface area (Å²) in [5.41, 5.74) is 0.609. The van der Waals surface area contributed by atoms with E-state index in [-0.39, 0.29) is 42.1 Å². The molecule has 1 heterocycles. The second-order valence-electron chi connectivity index (χ2n) is 9.37. The number of hydrogen-bond donors (Lipinski definition) is 2. The van der Waals surface area contributed by atoms with Gasteiger partial charge in [-0.25, -0.2) is 13.2 Å². The van der Waals surface area contributed by atoms with Crippen molar-refractivity contribution in [3.05, 3.63) is 70.3 Å². The molecule has 2 aromatic rings. The highest BCUT2D eigenvalue weighted by Gasteiger charge is 2.32. The lowest BCUT2D eigenvalue weighted by Gasteiger charge is -2.30. The van der Waals surface area contributed by atoms with E-state index in [0.717, 1.165) is 22.0 Å². The van der Waals surface area contributed by atoms with Gasteiger partial charge < -0.3 is 19.9 Å². The van der Waals surface area contributed by atoms with Gasteiger partial charge >= 0.3 is 6.09 Å². The fraction of sp³-hybridized carbons (Fsp3) is 0.480. The summed E-state index contributed by atoms with van der Waals surface area (Å²) in [6, 6.07) is 12.9. The number of nitro groups is 1. The smallest absolute Gasteiger partial charge is 0.407 e. The van der Waals surface area contributed by atoms with Crippen molar-refractivity contribution in [3.63, 3.8) is 0 Å². The summed E-state index contributed by atoms with van der Waals surface area (Å²) in [6.07, 6.45) is -1.56. The number of nitrogens with zero attached hydrogens (tertiary/aromatic N) is 2. The minimum atomic E-state index is -4.10. The van der Waals surface area contributed by atoms with Crippen LogP contribution in [-0.2, 0) is 25.9 Å². The van der Waals surface area contributed by atoms with Gasteiger partial charge in [0.05, 0.1) is 35.2 Å². The first-order valence-corrected chi connectivity index (χ1v) is 13.5. The fourth-order valence-corrected chi connectivity index (χ4v) is 5.62. The molecule has 0 aliphatic carbocycles. The van der Waals surface area contributed by atoms with Crippen molar-refractivity contribution >= 4 is 21.8 Å². The van der Waals surface area contributed by atoms with Crippen LogP contribution in [0.3, 0.4) is 0 Å². The lowest BCUT2D eigenvalue weighted by Crippen LogP contribution is -2.51. The predicted molar refractivity (Wildman–Crippen MR) is 135 cm³/mol. The van der Waals surface area contributed by atoms with E-state index in [0.29, 0.717) is 19.6 Å². The SMILES string of the molecule is CC(C)CN(C[C@@H](O)[C@@H](Cc1ccccc1)NC(=O)O[C@H]1CCOC1)S(=O)(=O)c1ccc([N+](=O)[O-])cc1. The van der Waals surface area contributed by atoms with Crippen LogP contribution in [0.1, 0.15) is 25.8 Å². The number of nitrogens with one attached hydrogen (secondary N) is 1. The van der Waals surface area contributed by atoms with E-state index in [1.54, 1.807) is 0 Å². The van der Waals surface area contributed by atoms with Crippen LogP contribution in [0.15, 0.2) is 59.5 Å². The van der Waals surface area contributed by atoms with Gasteiger partial charge in [-0.2, -0.15) is 4.31 Å². The second-order valence-corrected chi connectivity index (χ2v) is 11.3. The molecule has 1 amide bonds. The Morgan fingerprint density at radius 1 is 1.19 bits per heavy atom. The monoisotopic (exact) mass is 535 g/mol. The number of alkyl carbamates (subject to hydrolysis) is 1. The normalized spacial score (nSPS) is 17.5. The summed E-state index contributed by atoms with van der Waals surface area (Å²) >= 11 is 0. The number of sulfonamides is 1. The number of non-ortho nitro benzene ring substituents is 1. The molecule has 2 N–H and O–H groups in total. The largest absolute Gasteiger partial charge is 0.444 e. The Morgan fingerprint density at radius 2 is 1.86 bits per heavy atom. The molecule has 202 valence electrons. The standard InChI is InChI=1S/C25H33N3O8S/c1-18(2)15-27(37(33,34)22-10-8-20(9-11-22)28(31)32)16-24(29)23(14-19-6-4-3-5-7-19)26-25(30)36-21-12-13-35-17-21/h3-11,18,21,23-24,29H,12-17H2,1-2H3,(H,26,30)/t21-,23+,24+/m0/s1. The maximum Gasteiger partial charge on any atom is 0.407 e. The summed E-state index contributed by atoms with van der Waals surface area (Å²) < 4.78 is 38.6. The van der Waals surface area contributed by atoms with E-state index >= 15 is 0 Å². The number of benzene rings is 2. The van der Waals surface area contributed by atoms with Crippen molar-refractivity contribution in [3.8, 4) is 0 Å². The Hall–Kier alpha value is -3.06. The zero-order valence-corrected chi connectivity index (χ0v) is 21.7. The van der Waals surface area contributed by atoms with Gasteiger partial charge in [-0.3, -0.25) is 10.1 Å². The molecule has 0 unspecified atom stereocenters. The molecule has 1 aliphatic rings. The predicted octanol–water partition coefficient (Wildman–Crippen LogP) is 2.73. The number of aliphatic hydroxyl groups is 1. The van der Waals surface area contributed by atoms with E-state index in [1.807, 2.05) is 44.2 Å². The number of nitro benzene ring substituents is 1. The van der Waals surface area contributed by atoms with Gasteiger partial charge in [0, 0.05) is 31.6 Å². The highest BCUT2D eigenvalue weighted by Crippen LogP contribution is 2.22. The van der Waals surface area contributed by atoms with Crippen molar-refractivity contribution in [1.29, 1.82) is 0 Å². The van der Waals surface area contributed by atoms with E-state index in [9.17, 15) is 28.4 Å². The first-order valence-electron chi connectivity index (χ1n) is 12.1. The Labute approximate surface area is 216 Å². The highest BCUT2D eigenvalue weighted by atomic mass is 32.2. The van der Waals surface area contributed by atoms with Crippen LogP contribution in [0.2, 0.25) is 0 Å². The summed E-state index contributed by atoms with van der Waals surface area (Å²) in [4.78, 5) is 22.8. The maximum absolute atomic E-state index is 13.4. The minimum absolute atomic E-state index is 0.0760. The van der Waals surface area contributed by atoms with E-state index in [4.69, 9.17) is 9.47 Å². The summed E-state index contributed by atoms with van der Waals surface area (Å²) in [6.45, 7) is 4.27. The number of rotatable bonds is 12. The molecule has 12 heteroatoms. The molecule has 1 fully saturated rings. The number of carbonyl (C=O) groups excluding carboxylic acids is 1. The molecule has 0 saturated carbocycles. The molecule has 1 aliphatic heterocycles. The number of aliphatic hydroxyl groups excluding tert-OH is 1. The lowest BCUT2D eigenvalue weighted by molar-refractivity contribution is -0.384. The van der Waals surface area contributed by atoms with Crippen LogP contribution >= 0.6 is 0 Å². The van der Waals surface area contributed by atoms with Crippen LogP contribution in [-0.4, -0.2) is 73.4 Å². The van der Waals surface area contributed by atoms with Gasteiger partial charge in [0.25, 0.3) is 5.69 Å². The lowest BCUT2D eigenvalue weighted by atomic mass is 10.0. The Kier molecular flexibility index (Phi) is 9.98. The Morgan fingerprint density at radius 3 is 2.43 bits per heavy atom. The third-order valence-electron chi connectivity index (χ3n) is 5.87. The zero-order chi connectivity index (χ0) is 27.0. The second kappa shape index (κ2) is 13.0. The molecule has 0 bridgehead atoms. The van der Waals surface area contributed by atoms with Gasteiger partial charge in [0.2, 0.25) is 10.0 Å². The average molecular weight is 536 g/mol. The molecule has 11 nitrogen and oxygen atoms in total. The molecule has 0 aromatic heterocycles. The molecule has 0 spiro atoms. The molecule has 1 saturated heterocycles. The van der Waals surface area contributed by atoms with E-state index in [1.165, 1.54) is 12.1 Å². The van der Waals surface area contributed by atoms with Crippen molar-refractivity contribution in [1.82, 2.24) is 9.62 Å². The third-order valence-corrected chi connectivity index (χ3v) is 7.72. The quantitative estimate of drug-likeness (QED) is 0.311. The van der Waals surface area contributed by atoms with Gasteiger partial charge in [-0.1, -0.05) is 44.2 Å². The van der Waals surface area contributed by atoms with Crippen LogP contribution in [0.5, 0.6) is 0 Å². The van der Waals surface area contributed by atoms with Crippen LogP contribution < -0.4 is 5.32 Å². The summed E-state index contributed by atoms with van der Waals surface area (Å²) in [5.74, 6) is -0.0760.